The molecule has 2 nitrogen and oxygen atoms in total. The Hall–Kier alpha value is -0.570. The van der Waals surface area contributed by atoms with E-state index in [2.05, 4.69) is 31.0 Å². The second-order valence-corrected chi connectivity index (χ2v) is 5.48. The summed E-state index contributed by atoms with van der Waals surface area (Å²) in [5, 5.41) is 0.780. The van der Waals surface area contributed by atoms with Crippen LogP contribution in [0.25, 0.3) is 0 Å². The van der Waals surface area contributed by atoms with Crippen molar-refractivity contribution in [2.45, 2.75) is 31.8 Å². The van der Waals surface area contributed by atoms with E-state index in [1.54, 1.807) is 0 Å². The Morgan fingerprint density at radius 3 is 2.41 bits per heavy atom. The second kappa shape index (κ2) is 5.38. The molecule has 2 atom stereocenters. The molecule has 1 aromatic carbocycles. The van der Waals surface area contributed by atoms with Crippen LogP contribution in [0.5, 0.6) is 0 Å². The molecule has 1 aromatic rings. The van der Waals surface area contributed by atoms with Crippen LogP contribution in [0.4, 0.5) is 0 Å². The summed E-state index contributed by atoms with van der Waals surface area (Å²) in [6.07, 6.45) is 2.73. The Labute approximate surface area is 109 Å². The van der Waals surface area contributed by atoms with Crippen LogP contribution in [-0.2, 0) is 0 Å². The monoisotopic (exact) mass is 252 g/mol. The molecule has 0 heterocycles. The van der Waals surface area contributed by atoms with Gasteiger partial charge < -0.3 is 5.73 Å². The van der Waals surface area contributed by atoms with Gasteiger partial charge in [-0.2, -0.15) is 0 Å². The molecule has 0 aromatic heterocycles. The van der Waals surface area contributed by atoms with E-state index in [0.717, 1.165) is 10.9 Å². The number of hydrogen-bond donors (Lipinski definition) is 1. The number of rotatable bonds is 5. The normalized spacial score (nSPS) is 19.4. The molecule has 0 bridgehead atoms. The van der Waals surface area contributed by atoms with Crippen molar-refractivity contribution >= 4 is 11.6 Å². The zero-order valence-corrected chi connectivity index (χ0v) is 11.3. The van der Waals surface area contributed by atoms with E-state index in [4.69, 9.17) is 17.3 Å². The van der Waals surface area contributed by atoms with Crippen LogP contribution in [0.1, 0.15) is 31.4 Å². The second-order valence-electron chi connectivity index (χ2n) is 5.05. The highest BCUT2D eigenvalue weighted by Gasteiger charge is 2.33. The lowest BCUT2D eigenvalue weighted by Crippen LogP contribution is -2.38. The van der Waals surface area contributed by atoms with Gasteiger partial charge in [0.05, 0.1) is 0 Å². The van der Waals surface area contributed by atoms with Crippen LogP contribution in [0.15, 0.2) is 24.3 Å². The average molecular weight is 253 g/mol. The van der Waals surface area contributed by atoms with Crippen molar-refractivity contribution in [3.05, 3.63) is 34.9 Å². The summed E-state index contributed by atoms with van der Waals surface area (Å²) in [5.41, 5.74) is 7.18. The number of nitrogens with zero attached hydrogens (tertiary/aromatic N) is 1. The molecule has 0 radical (unpaired) electrons. The first-order valence-electron chi connectivity index (χ1n) is 6.31. The van der Waals surface area contributed by atoms with Crippen molar-refractivity contribution in [1.29, 1.82) is 0 Å². The van der Waals surface area contributed by atoms with Crippen molar-refractivity contribution < 1.29 is 0 Å². The van der Waals surface area contributed by atoms with Gasteiger partial charge >= 0.3 is 0 Å². The SMILES string of the molecule is CC(C1CC1)N(C)C(CN)c1ccc(Cl)cc1. The van der Waals surface area contributed by atoms with Crippen molar-refractivity contribution in [3.63, 3.8) is 0 Å². The molecule has 2 N–H and O–H groups in total. The largest absolute Gasteiger partial charge is 0.329 e. The van der Waals surface area contributed by atoms with Crippen LogP contribution < -0.4 is 5.73 Å². The van der Waals surface area contributed by atoms with Crippen molar-refractivity contribution in [3.8, 4) is 0 Å². The van der Waals surface area contributed by atoms with Crippen LogP contribution in [0, 0.1) is 5.92 Å². The van der Waals surface area contributed by atoms with Gasteiger partial charge in [0, 0.05) is 23.7 Å². The third kappa shape index (κ3) is 3.01. The van der Waals surface area contributed by atoms with E-state index in [1.165, 1.54) is 18.4 Å². The quantitative estimate of drug-likeness (QED) is 0.873. The molecule has 1 aliphatic rings. The number of likely N-dealkylation sites (N-methyl/N-ethyl adjacent to an activating group) is 1. The van der Waals surface area contributed by atoms with Gasteiger partial charge in [-0.15, -0.1) is 0 Å². The summed E-state index contributed by atoms with van der Waals surface area (Å²) in [6, 6.07) is 8.94. The molecule has 0 spiro atoms. The summed E-state index contributed by atoms with van der Waals surface area (Å²) >= 11 is 5.92. The van der Waals surface area contributed by atoms with Gasteiger partial charge in [-0.1, -0.05) is 23.7 Å². The first-order valence-corrected chi connectivity index (χ1v) is 6.68. The van der Waals surface area contributed by atoms with Gasteiger partial charge in [0.1, 0.15) is 0 Å². The molecule has 0 saturated heterocycles. The maximum absolute atomic E-state index is 5.93. The van der Waals surface area contributed by atoms with Gasteiger partial charge in [0.2, 0.25) is 0 Å². The molecule has 1 aliphatic carbocycles. The number of hydrogen-bond acceptors (Lipinski definition) is 2. The molecule has 3 heteroatoms. The minimum absolute atomic E-state index is 0.294. The fourth-order valence-corrected chi connectivity index (χ4v) is 2.54. The maximum atomic E-state index is 5.93. The highest BCUT2D eigenvalue weighted by atomic mass is 35.5. The Bertz CT molecular complexity index is 359. The highest BCUT2D eigenvalue weighted by molar-refractivity contribution is 6.30. The molecule has 94 valence electrons. The first kappa shape index (κ1) is 12.9. The van der Waals surface area contributed by atoms with Crippen LogP contribution in [-0.4, -0.2) is 24.5 Å². The topological polar surface area (TPSA) is 29.3 Å². The summed E-state index contributed by atoms with van der Waals surface area (Å²) in [5.74, 6) is 0.862. The minimum Gasteiger partial charge on any atom is -0.329 e. The van der Waals surface area contributed by atoms with E-state index in [1.807, 2.05) is 12.1 Å². The number of nitrogens with two attached hydrogens (primary N) is 1. The zero-order chi connectivity index (χ0) is 12.4. The fraction of sp³-hybridized carbons (Fsp3) is 0.571. The molecular weight excluding hydrogens is 232 g/mol. The summed E-state index contributed by atoms with van der Waals surface area (Å²) < 4.78 is 0. The van der Waals surface area contributed by atoms with Gasteiger partial charge in [0.25, 0.3) is 0 Å². The summed E-state index contributed by atoms with van der Waals surface area (Å²) in [7, 11) is 2.18. The van der Waals surface area contributed by atoms with E-state index in [9.17, 15) is 0 Å². The molecule has 2 rings (SSSR count). The lowest BCUT2D eigenvalue weighted by molar-refractivity contribution is 0.171. The molecule has 1 fully saturated rings. The Morgan fingerprint density at radius 2 is 1.94 bits per heavy atom. The minimum atomic E-state index is 0.294. The maximum Gasteiger partial charge on any atom is 0.0470 e. The number of halogens is 1. The van der Waals surface area contributed by atoms with Crippen molar-refractivity contribution in [2.75, 3.05) is 13.6 Å². The standard InChI is InChI=1S/C14H21ClN2/c1-10(11-3-4-11)17(2)14(9-16)12-5-7-13(15)8-6-12/h5-8,10-11,14H,3-4,9,16H2,1-2H3. The summed E-state index contributed by atoms with van der Waals surface area (Å²) in [6.45, 7) is 2.95. The zero-order valence-electron chi connectivity index (χ0n) is 10.6. The van der Waals surface area contributed by atoms with Crippen LogP contribution in [0.3, 0.4) is 0 Å². The Balaban J connectivity index is 2.11. The lowest BCUT2D eigenvalue weighted by atomic mass is 10.0. The smallest absolute Gasteiger partial charge is 0.0470 e. The third-order valence-electron chi connectivity index (χ3n) is 3.92. The summed E-state index contributed by atoms with van der Waals surface area (Å²) in [4.78, 5) is 2.40. The van der Waals surface area contributed by atoms with E-state index in [0.29, 0.717) is 18.6 Å². The highest BCUT2D eigenvalue weighted by Crippen LogP contribution is 2.37. The third-order valence-corrected chi connectivity index (χ3v) is 4.17. The predicted molar refractivity (Wildman–Crippen MR) is 73.2 cm³/mol. The Kier molecular flexibility index (Phi) is 4.08. The Morgan fingerprint density at radius 1 is 1.35 bits per heavy atom. The molecule has 0 amide bonds. The fourth-order valence-electron chi connectivity index (χ4n) is 2.42. The van der Waals surface area contributed by atoms with E-state index < -0.39 is 0 Å². The number of benzene rings is 1. The van der Waals surface area contributed by atoms with Gasteiger partial charge in [-0.25, -0.2) is 0 Å². The average Bonchev–Trinajstić information content (AvgIpc) is 3.15. The van der Waals surface area contributed by atoms with Gasteiger partial charge in [-0.05, 0) is 50.4 Å². The van der Waals surface area contributed by atoms with E-state index in [-0.39, 0.29) is 0 Å². The molecular formula is C14H21ClN2. The first-order chi connectivity index (χ1) is 8.13. The van der Waals surface area contributed by atoms with Crippen molar-refractivity contribution in [1.82, 2.24) is 4.90 Å². The lowest BCUT2D eigenvalue weighted by Gasteiger charge is -2.33. The predicted octanol–water partition coefficient (Wildman–Crippen LogP) is 3.07. The molecule has 17 heavy (non-hydrogen) atoms. The molecule has 0 aliphatic heterocycles. The van der Waals surface area contributed by atoms with Crippen LogP contribution >= 0.6 is 11.6 Å². The van der Waals surface area contributed by atoms with E-state index >= 15 is 0 Å². The molecule has 2 unspecified atom stereocenters. The van der Waals surface area contributed by atoms with Gasteiger partial charge in [0.15, 0.2) is 0 Å². The van der Waals surface area contributed by atoms with Gasteiger partial charge in [-0.3, -0.25) is 4.90 Å². The molecule has 1 saturated carbocycles. The van der Waals surface area contributed by atoms with Crippen LogP contribution in [0.2, 0.25) is 5.02 Å². The van der Waals surface area contributed by atoms with Crippen molar-refractivity contribution in [2.24, 2.45) is 11.7 Å².